The van der Waals surface area contributed by atoms with Crippen molar-refractivity contribution in [2.75, 3.05) is 13.1 Å². The molecule has 1 fully saturated rings. The summed E-state index contributed by atoms with van der Waals surface area (Å²) < 4.78 is 0. The molecule has 1 amide bonds. The molecule has 1 aromatic carbocycles. The quantitative estimate of drug-likeness (QED) is 0.485. The van der Waals surface area contributed by atoms with Crippen LogP contribution >= 0.6 is 0 Å². The van der Waals surface area contributed by atoms with Gasteiger partial charge < -0.3 is 4.90 Å². The number of likely N-dealkylation sites (tertiary alicyclic amines) is 1. The van der Waals surface area contributed by atoms with E-state index in [0.29, 0.717) is 5.71 Å². The molecule has 2 aromatic rings. The maximum absolute atomic E-state index is 12.0. The fraction of sp³-hybridized carbons (Fsp3) is 0.316. The number of nitrogens with zero attached hydrogens (tertiary/aromatic N) is 3. The highest BCUT2D eigenvalue weighted by atomic mass is 16.7. The van der Waals surface area contributed by atoms with Crippen LogP contribution in [0.25, 0.3) is 11.1 Å². The highest BCUT2D eigenvalue weighted by molar-refractivity contribution is 5.99. The van der Waals surface area contributed by atoms with E-state index in [4.69, 9.17) is 4.84 Å². The predicted molar refractivity (Wildman–Crippen MR) is 93.8 cm³/mol. The number of benzene rings is 1. The summed E-state index contributed by atoms with van der Waals surface area (Å²) in [6.45, 7) is 3.35. The summed E-state index contributed by atoms with van der Waals surface area (Å²) in [6, 6.07) is 11.9. The third-order valence-corrected chi connectivity index (χ3v) is 4.19. The molecule has 0 aliphatic carbocycles. The van der Waals surface area contributed by atoms with Gasteiger partial charge in [0, 0.05) is 25.5 Å². The predicted octanol–water partition coefficient (Wildman–Crippen LogP) is 4.10. The number of pyridine rings is 1. The van der Waals surface area contributed by atoms with Gasteiger partial charge in [-0.1, -0.05) is 29.4 Å². The highest BCUT2D eigenvalue weighted by Gasteiger charge is 2.17. The minimum atomic E-state index is -0.359. The van der Waals surface area contributed by atoms with Crippen LogP contribution in [-0.2, 0) is 4.84 Å². The van der Waals surface area contributed by atoms with E-state index < -0.39 is 0 Å². The first-order chi connectivity index (χ1) is 11.7. The average molecular weight is 323 g/mol. The molecule has 5 nitrogen and oxygen atoms in total. The van der Waals surface area contributed by atoms with Crippen molar-refractivity contribution in [1.82, 2.24) is 9.88 Å². The van der Waals surface area contributed by atoms with Crippen LogP contribution in [0.2, 0.25) is 0 Å². The fourth-order valence-corrected chi connectivity index (χ4v) is 2.74. The van der Waals surface area contributed by atoms with Crippen LogP contribution in [0.5, 0.6) is 0 Å². The van der Waals surface area contributed by atoms with Crippen LogP contribution in [-0.4, -0.2) is 34.8 Å². The second kappa shape index (κ2) is 7.73. The lowest BCUT2D eigenvalue weighted by molar-refractivity contribution is 0.0982. The van der Waals surface area contributed by atoms with Crippen molar-refractivity contribution >= 4 is 11.8 Å². The molecule has 0 saturated carbocycles. The number of hydrogen-bond acceptors (Lipinski definition) is 4. The summed E-state index contributed by atoms with van der Waals surface area (Å²) in [5, 5.41) is 3.99. The zero-order chi connectivity index (χ0) is 16.8. The van der Waals surface area contributed by atoms with Gasteiger partial charge in [-0.05, 0) is 55.0 Å². The molecule has 0 radical (unpaired) electrons. The van der Waals surface area contributed by atoms with Crippen LogP contribution in [0.4, 0.5) is 4.79 Å². The summed E-state index contributed by atoms with van der Waals surface area (Å²) >= 11 is 0. The molecule has 0 unspecified atom stereocenters. The molecule has 24 heavy (non-hydrogen) atoms. The van der Waals surface area contributed by atoms with Crippen LogP contribution < -0.4 is 0 Å². The summed E-state index contributed by atoms with van der Waals surface area (Å²) in [7, 11) is 0. The van der Waals surface area contributed by atoms with Crippen molar-refractivity contribution in [2.24, 2.45) is 5.16 Å². The standard InChI is InChI=1S/C19H21N3O2/c1-15(21-24-19(23)22-13-3-2-4-14-22)16-5-7-17(8-6-16)18-9-11-20-12-10-18/h5-12H,2-4,13-14H2,1H3/b21-15-. The van der Waals surface area contributed by atoms with Crippen molar-refractivity contribution in [2.45, 2.75) is 26.2 Å². The van der Waals surface area contributed by atoms with Gasteiger partial charge >= 0.3 is 6.09 Å². The van der Waals surface area contributed by atoms with Crippen LogP contribution in [0.15, 0.2) is 53.9 Å². The Kier molecular flexibility index (Phi) is 5.21. The molecule has 1 aliphatic heterocycles. The third-order valence-electron chi connectivity index (χ3n) is 4.19. The van der Waals surface area contributed by atoms with E-state index in [9.17, 15) is 4.79 Å². The Labute approximate surface area is 142 Å². The van der Waals surface area contributed by atoms with E-state index in [1.54, 1.807) is 17.3 Å². The third kappa shape index (κ3) is 3.98. The van der Waals surface area contributed by atoms with Gasteiger partial charge in [-0.2, -0.15) is 0 Å². The Bertz CT molecular complexity index is 705. The molecule has 5 heteroatoms. The van der Waals surface area contributed by atoms with Crippen molar-refractivity contribution < 1.29 is 9.63 Å². The fourth-order valence-electron chi connectivity index (χ4n) is 2.74. The molecule has 0 N–H and O–H groups in total. The van der Waals surface area contributed by atoms with Crippen LogP contribution in [0.3, 0.4) is 0 Å². The maximum Gasteiger partial charge on any atom is 0.435 e. The summed E-state index contributed by atoms with van der Waals surface area (Å²) in [5.41, 5.74) is 3.84. The van der Waals surface area contributed by atoms with E-state index in [0.717, 1.165) is 42.6 Å². The average Bonchev–Trinajstić information content (AvgIpc) is 2.67. The van der Waals surface area contributed by atoms with Crippen LogP contribution in [0.1, 0.15) is 31.7 Å². The minimum absolute atomic E-state index is 0.359. The summed E-state index contributed by atoms with van der Waals surface area (Å²) in [6.07, 6.45) is 6.44. The number of oxime groups is 1. The molecule has 2 heterocycles. The molecule has 0 bridgehead atoms. The number of aromatic nitrogens is 1. The zero-order valence-corrected chi connectivity index (χ0v) is 13.8. The van der Waals surface area contributed by atoms with Crippen molar-refractivity contribution in [1.29, 1.82) is 0 Å². The first-order valence-electron chi connectivity index (χ1n) is 8.25. The molecule has 1 aromatic heterocycles. The number of hydrogen-bond donors (Lipinski definition) is 0. The van der Waals surface area contributed by atoms with Crippen molar-refractivity contribution in [3.63, 3.8) is 0 Å². The number of piperidine rings is 1. The largest absolute Gasteiger partial charge is 0.435 e. The van der Waals surface area contributed by atoms with Gasteiger partial charge in [0.05, 0.1) is 5.71 Å². The smallest absolute Gasteiger partial charge is 0.306 e. The number of rotatable bonds is 3. The van der Waals surface area contributed by atoms with Gasteiger partial charge in [-0.15, -0.1) is 0 Å². The highest BCUT2D eigenvalue weighted by Crippen LogP contribution is 2.19. The summed E-state index contributed by atoms with van der Waals surface area (Å²) in [4.78, 5) is 22.8. The second-order valence-electron chi connectivity index (χ2n) is 5.89. The van der Waals surface area contributed by atoms with Gasteiger partial charge in [0.15, 0.2) is 0 Å². The first-order valence-corrected chi connectivity index (χ1v) is 8.25. The molecule has 0 spiro atoms. The molecule has 3 rings (SSSR count). The Hall–Kier alpha value is -2.69. The lowest BCUT2D eigenvalue weighted by Crippen LogP contribution is -2.35. The van der Waals surface area contributed by atoms with Crippen molar-refractivity contribution in [3.8, 4) is 11.1 Å². The Morgan fingerprint density at radius 1 is 1.00 bits per heavy atom. The number of amides is 1. The van der Waals surface area contributed by atoms with E-state index in [2.05, 4.69) is 10.1 Å². The van der Waals surface area contributed by atoms with Crippen molar-refractivity contribution in [3.05, 3.63) is 54.4 Å². The zero-order valence-electron chi connectivity index (χ0n) is 13.8. The minimum Gasteiger partial charge on any atom is -0.306 e. The Morgan fingerprint density at radius 3 is 2.29 bits per heavy atom. The van der Waals surface area contributed by atoms with E-state index >= 15 is 0 Å². The lowest BCUT2D eigenvalue weighted by Gasteiger charge is -2.24. The van der Waals surface area contributed by atoms with Gasteiger partial charge in [0.1, 0.15) is 0 Å². The van der Waals surface area contributed by atoms with Gasteiger partial charge in [-0.3, -0.25) is 9.82 Å². The molecule has 1 saturated heterocycles. The van der Waals surface area contributed by atoms with E-state index in [1.807, 2.05) is 43.3 Å². The maximum atomic E-state index is 12.0. The molecule has 124 valence electrons. The Morgan fingerprint density at radius 2 is 1.62 bits per heavy atom. The molecular weight excluding hydrogens is 302 g/mol. The van der Waals surface area contributed by atoms with Gasteiger partial charge in [-0.25, -0.2) is 4.79 Å². The number of carbonyl (C=O) groups excluding carboxylic acids is 1. The normalized spacial score (nSPS) is 15.2. The SMILES string of the molecule is C/C(=N/OC(=O)N1CCCCC1)c1ccc(-c2ccncc2)cc1. The van der Waals surface area contributed by atoms with Gasteiger partial charge in [0.25, 0.3) is 0 Å². The monoisotopic (exact) mass is 323 g/mol. The summed E-state index contributed by atoms with van der Waals surface area (Å²) in [5.74, 6) is 0. The molecule has 1 aliphatic rings. The topological polar surface area (TPSA) is 54.8 Å². The van der Waals surface area contributed by atoms with Crippen LogP contribution in [0, 0.1) is 0 Å². The Balaban J connectivity index is 1.64. The second-order valence-corrected chi connectivity index (χ2v) is 5.89. The molecule has 0 atom stereocenters. The van der Waals surface area contributed by atoms with Gasteiger partial charge in [0.2, 0.25) is 0 Å². The van der Waals surface area contributed by atoms with E-state index in [1.165, 1.54) is 6.42 Å². The molecular formula is C19H21N3O2. The lowest BCUT2D eigenvalue weighted by atomic mass is 10.0. The number of carbonyl (C=O) groups is 1. The van der Waals surface area contributed by atoms with E-state index in [-0.39, 0.29) is 6.09 Å². The first kappa shape index (κ1) is 16.2.